The minimum atomic E-state index is -0.358. The molecule has 2 aromatic heterocycles. The van der Waals surface area contributed by atoms with E-state index in [9.17, 15) is 9.59 Å². The molecule has 0 aliphatic carbocycles. The number of aromatic nitrogens is 2. The molecule has 0 amide bonds. The first kappa shape index (κ1) is 9.18. The fraction of sp³-hybridized carbons (Fsp3) is 0.125. The first-order chi connectivity index (χ1) is 6.70. The van der Waals surface area contributed by atoms with Crippen molar-refractivity contribution in [2.45, 2.75) is 0 Å². The zero-order valence-electron chi connectivity index (χ0n) is 7.26. The second-order valence-electron chi connectivity index (χ2n) is 2.54. The maximum atomic E-state index is 11.2. The number of hydrogen-bond donors (Lipinski definition) is 0. The van der Waals surface area contributed by atoms with Crippen LogP contribution in [0.5, 0.6) is 0 Å². The quantitative estimate of drug-likeness (QED) is 0.512. The van der Waals surface area contributed by atoms with Gasteiger partial charge in [-0.1, -0.05) is 0 Å². The Hall–Kier alpha value is -1.39. The average molecular weight is 257 g/mol. The van der Waals surface area contributed by atoms with Gasteiger partial charge in [-0.3, -0.25) is 0 Å². The molecular formula is C8H6N2O3Se. The molecule has 0 radical (unpaired) electrons. The van der Waals surface area contributed by atoms with Crippen molar-refractivity contribution in [3.63, 3.8) is 0 Å². The molecule has 2 rings (SSSR count). The average Bonchev–Trinajstić information content (AvgIpc) is 2.59. The molecule has 0 atom stereocenters. The molecule has 0 N–H and O–H groups in total. The summed E-state index contributed by atoms with van der Waals surface area (Å²) in [6.45, 7) is 0. The van der Waals surface area contributed by atoms with E-state index < -0.39 is 0 Å². The van der Waals surface area contributed by atoms with E-state index in [-0.39, 0.29) is 26.0 Å². The van der Waals surface area contributed by atoms with Crippen molar-refractivity contribution >= 4 is 25.0 Å². The molecule has 14 heavy (non-hydrogen) atoms. The van der Waals surface area contributed by atoms with Gasteiger partial charge in [0.1, 0.15) is 0 Å². The van der Waals surface area contributed by atoms with Gasteiger partial charge in [0.2, 0.25) is 0 Å². The normalized spacial score (nSPS) is 10.4. The summed E-state index contributed by atoms with van der Waals surface area (Å²) in [6.07, 6.45) is 3.25. The van der Waals surface area contributed by atoms with Gasteiger partial charge in [-0.15, -0.1) is 0 Å². The van der Waals surface area contributed by atoms with E-state index in [0.717, 1.165) is 0 Å². The van der Waals surface area contributed by atoms with Crippen LogP contribution in [0.4, 0.5) is 0 Å². The van der Waals surface area contributed by atoms with Crippen LogP contribution in [-0.4, -0.2) is 37.0 Å². The third-order valence-corrected chi connectivity index (χ3v) is 3.70. The number of fused-ring (bicyclic) bond motifs is 1. The summed E-state index contributed by atoms with van der Waals surface area (Å²) in [5.41, 5.74) is -0.280. The van der Waals surface area contributed by atoms with Crippen LogP contribution in [0.25, 0.3) is 4.52 Å². The molecule has 0 unspecified atom stereocenters. The summed E-state index contributed by atoms with van der Waals surface area (Å²) in [4.78, 5) is 25.9. The van der Waals surface area contributed by atoms with E-state index in [4.69, 9.17) is 0 Å². The van der Waals surface area contributed by atoms with Gasteiger partial charge in [-0.2, -0.15) is 0 Å². The van der Waals surface area contributed by atoms with Gasteiger partial charge in [0, 0.05) is 0 Å². The SMILES string of the molecule is COC(=O)c1cn2ccc(=O)nc2[se]1. The van der Waals surface area contributed by atoms with E-state index in [1.807, 2.05) is 0 Å². The standard InChI is InChI=1S/C8H6N2O3Se/c1-13-7(12)5-4-10-3-2-6(11)9-8(10)14-5/h2-4H,1H3. The van der Waals surface area contributed by atoms with Crippen molar-refractivity contribution in [3.05, 3.63) is 33.3 Å². The topological polar surface area (TPSA) is 60.7 Å². The number of rotatable bonds is 1. The Morgan fingerprint density at radius 3 is 3.14 bits per heavy atom. The van der Waals surface area contributed by atoms with Gasteiger partial charge in [0.05, 0.1) is 0 Å². The van der Waals surface area contributed by atoms with Gasteiger partial charge in [0.15, 0.2) is 0 Å². The first-order valence-electron chi connectivity index (χ1n) is 3.78. The number of ether oxygens (including phenoxy) is 1. The van der Waals surface area contributed by atoms with Gasteiger partial charge in [-0.05, 0) is 0 Å². The third kappa shape index (κ3) is 1.49. The fourth-order valence-electron chi connectivity index (χ4n) is 1.02. The second-order valence-corrected chi connectivity index (χ2v) is 4.66. The summed E-state index contributed by atoms with van der Waals surface area (Å²) in [5, 5.41) is 0. The molecule has 0 aliphatic heterocycles. The summed E-state index contributed by atoms with van der Waals surface area (Å²) in [7, 11) is 1.33. The van der Waals surface area contributed by atoms with Crippen molar-refractivity contribution in [1.29, 1.82) is 0 Å². The number of esters is 1. The van der Waals surface area contributed by atoms with Crippen LogP contribution in [0.1, 0.15) is 9.23 Å². The van der Waals surface area contributed by atoms with Crippen LogP contribution in [0.2, 0.25) is 0 Å². The number of nitrogens with zero attached hydrogens (tertiary/aromatic N) is 2. The molecule has 0 fully saturated rings. The zero-order chi connectivity index (χ0) is 10.1. The van der Waals surface area contributed by atoms with Crippen LogP contribution in [0.15, 0.2) is 23.3 Å². The van der Waals surface area contributed by atoms with Crippen LogP contribution in [0.3, 0.4) is 0 Å². The molecule has 5 nitrogen and oxygen atoms in total. The zero-order valence-corrected chi connectivity index (χ0v) is 8.97. The van der Waals surface area contributed by atoms with E-state index in [0.29, 0.717) is 8.96 Å². The summed E-state index contributed by atoms with van der Waals surface area (Å²) < 4.78 is 7.46. The first-order valence-corrected chi connectivity index (χ1v) is 5.49. The molecule has 0 spiro atoms. The molecule has 2 aromatic rings. The van der Waals surface area contributed by atoms with E-state index in [1.165, 1.54) is 13.2 Å². The van der Waals surface area contributed by atoms with E-state index in [2.05, 4.69) is 9.72 Å². The number of carbonyl (C=O) groups is 1. The van der Waals surface area contributed by atoms with E-state index >= 15 is 0 Å². The van der Waals surface area contributed by atoms with Gasteiger partial charge in [-0.25, -0.2) is 0 Å². The Kier molecular flexibility index (Phi) is 2.23. The molecule has 0 saturated heterocycles. The molecular weight excluding hydrogens is 251 g/mol. The van der Waals surface area contributed by atoms with Crippen molar-refractivity contribution in [1.82, 2.24) is 9.38 Å². The predicted octanol–water partition coefficient (Wildman–Crippen LogP) is -0.462. The van der Waals surface area contributed by atoms with Crippen molar-refractivity contribution in [3.8, 4) is 0 Å². The molecule has 0 aliphatic rings. The molecule has 2 heterocycles. The van der Waals surface area contributed by atoms with Gasteiger partial charge < -0.3 is 0 Å². The maximum absolute atomic E-state index is 11.2. The Morgan fingerprint density at radius 1 is 1.64 bits per heavy atom. The van der Waals surface area contributed by atoms with Crippen molar-refractivity contribution in [2.75, 3.05) is 7.11 Å². The predicted molar refractivity (Wildman–Crippen MR) is 49.7 cm³/mol. The minimum absolute atomic E-state index is 0.229. The summed E-state index contributed by atoms with van der Waals surface area (Å²) in [5.74, 6) is -0.358. The summed E-state index contributed by atoms with van der Waals surface area (Å²) >= 11 is -0.229. The monoisotopic (exact) mass is 258 g/mol. The molecule has 0 saturated carbocycles. The molecule has 0 aromatic carbocycles. The van der Waals surface area contributed by atoms with Crippen LogP contribution in [0, 0.1) is 0 Å². The third-order valence-electron chi connectivity index (χ3n) is 1.65. The van der Waals surface area contributed by atoms with Crippen molar-refractivity contribution in [2.24, 2.45) is 0 Å². The van der Waals surface area contributed by atoms with Crippen LogP contribution < -0.4 is 5.56 Å². The Labute approximate surface area is 84.7 Å². The Bertz CT molecular complexity index is 543. The van der Waals surface area contributed by atoms with E-state index in [1.54, 1.807) is 16.8 Å². The molecule has 0 bridgehead atoms. The number of hydrogen-bond acceptors (Lipinski definition) is 4. The summed E-state index contributed by atoms with van der Waals surface area (Å²) in [6, 6.07) is 1.36. The van der Waals surface area contributed by atoms with Crippen LogP contribution in [-0.2, 0) is 4.74 Å². The second kappa shape index (κ2) is 3.40. The van der Waals surface area contributed by atoms with Crippen LogP contribution >= 0.6 is 0 Å². The number of carbonyl (C=O) groups excluding carboxylic acids is 1. The number of methoxy groups -OCH3 is 1. The van der Waals surface area contributed by atoms with Gasteiger partial charge in [0.25, 0.3) is 0 Å². The van der Waals surface area contributed by atoms with Gasteiger partial charge >= 0.3 is 84.3 Å². The Balaban J connectivity index is 2.62. The molecule has 6 heteroatoms. The fourth-order valence-corrected chi connectivity index (χ4v) is 2.87. The Morgan fingerprint density at radius 2 is 2.43 bits per heavy atom. The molecule has 72 valence electrons. The van der Waals surface area contributed by atoms with Crippen molar-refractivity contribution < 1.29 is 9.53 Å².